The number of aromatic nitrogens is 1. The number of morpholine rings is 1. The Balaban J connectivity index is 2.23. The first-order chi connectivity index (χ1) is 15.1. The summed E-state index contributed by atoms with van der Waals surface area (Å²) in [5.74, 6) is -1.06. The van der Waals surface area contributed by atoms with Crippen molar-refractivity contribution in [3.63, 3.8) is 0 Å². The summed E-state index contributed by atoms with van der Waals surface area (Å²) in [7, 11) is 0. The van der Waals surface area contributed by atoms with Gasteiger partial charge in [-0.25, -0.2) is 0 Å². The molecule has 2 aliphatic heterocycles. The lowest BCUT2D eigenvalue weighted by Gasteiger charge is -2.39. The first kappa shape index (κ1) is 24.0. The van der Waals surface area contributed by atoms with Crippen molar-refractivity contribution in [2.24, 2.45) is 0 Å². The van der Waals surface area contributed by atoms with Gasteiger partial charge in [0, 0.05) is 25.2 Å². The highest BCUT2D eigenvalue weighted by molar-refractivity contribution is 8.26. The van der Waals surface area contributed by atoms with Crippen LogP contribution in [0.25, 0.3) is 6.08 Å². The molecule has 2 fully saturated rings. The topological polar surface area (TPSA) is 116 Å². The van der Waals surface area contributed by atoms with Gasteiger partial charge < -0.3 is 14.7 Å². The fraction of sp³-hybridized carbons (Fsp3) is 0.476. The molecule has 1 aromatic heterocycles. The van der Waals surface area contributed by atoms with Crippen molar-refractivity contribution in [2.45, 2.75) is 46.4 Å². The van der Waals surface area contributed by atoms with E-state index in [0.29, 0.717) is 36.6 Å². The Kier molecular flexibility index (Phi) is 7.07. The predicted octanol–water partition coefficient (Wildman–Crippen LogP) is 1.95. The van der Waals surface area contributed by atoms with Gasteiger partial charge >= 0.3 is 5.97 Å². The van der Waals surface area contributed by atoms with E-state index in [9.17, 15) is 19.6 Å². The number of rotatable bonds is 5. The summed E-state index contributed by atoms with van der Waals surface area (Å²) >= 11 is 6.21. The van der Waals surface area contributed by atoms with Crippen LogP contribution in [0.5, 0.6) is 0 Å². The van der Waals surface area contributed by atoms with Gasteiger partial charge in [-0.2, -0.15) is 5.26 Å². The highest BCUT2D eigenvalue weighted by atomic mass is 32.2. The Bertz CT molecular complexity index is 1110. The second kappa shape index (κ2) is 9.44. The number of anilines is 1. The van der Waals surface area contributed by atoms with Gasteiger partial charge in [-0.05, 0) is 39.3 Å². The Morgan fingerprint density at radius 2 is 1.97 bits per heavy atom. The largest absolute Gasteiger partial charge is 0.480 e. The number of aliphatic carboxylic acids is 1. The molecule has 0 bridgehead atoms. The number of carbonyl (C=O) groups is 2. The van der Waals surface area contributed by atoms with Crippen LogP contribution in [-0.4, -0.2) is 62.6 Å². The van der Waals surface area contributed by atoms with Gasteiger partial charge in [0.15, 0.2) is 0 Å². The molecule has 2 atom stereocenters. The number of carbonyl (C=O) groups excluding carboxylic acids is 1. The SMILES string of the molecule is CCn1c(N2CC(C)OC(C)C2)c(/C=C2\SC(=S)N(CC(=O)O)C2=O)c(C)c(C#N)c1=O. The maximum absolute atomic E-state index is 13.1. The van der Waals surface area contributed by atoms with Crippen molar-refractivity contribution in [3.05, 3.63) is 31.9 Å². The lowest BCUT2D eigenvalue weighted by molar-refractivity contribution is -0.140. The van der Waals surface area contributed by atoms with Crippen LogP contribution in [0.15, 0.2) is 9.70 Å². The van der Waals surface area contributed by atoms with E-state index in [4.69, 9.17) is 22.1 Å². The zero-order chi connectivity index (χ0) is 23.7. The van der Waals surface area contributed by atoms with Crippen LogP contribution in [0.4, 0.5) is 5.82 Å². The molecule has 32 heavy (non-hydrogen) atoms. The number of ether oxygens (including phenoxy) is 1. The summed E-state index contributed by atoms with van der Waals surface area (Å²) in [4.78, 5) is 40.3. The number of carboxylic acid groups (broad SMARTS) is 1. The number of pyridine rings is 1. The molecule has 170 valence electrons. The number of nitrogens with zero attached hydrogens (tertiary/aromatic N) is 4. The monoisotopic (exact) mass is 476 g/mol. The molecule has 9 nitrogen and oxygen atoms in total. The number of thioether (sulfide) groups is 1. The summed E-state index contributed by atoms with van der Waals surface area (Å²) in [6.07, 6.45) is 1.47. The molecular formula is C21H24N4O5S2. The maximum atomic E-state index is 13.1. The average Bonchev–Trinajstić information content (AvgIpc) is 2.96. The molecule has 0 saturated carbocycles. The minimum Gasteiger partial charge on any atom is -0.480 e. The quantitative estimate of drug-likeness (QED) is 0.503. The van der Waals surface area contributed by atoms with Gasteiger partial charge in [0.25, 0.3) is 11.5 Å². The van der Waals surface area contributed by atoms with Crippen LogP contribution in [-0.2, 0) is 20.9 Å². The lowest BCUT2D eigenvalue weighted by Crippen LogP contribution is -2.48. The summed E-state index contributed by atoms with van der Waals surface area (Å²) in [6, 6.07) is 1.99. The predicted molar refractivity (Wildman–Crippen MR) is 126 cm³/mol. The van der Waals surface area contributed by atoms with E-state index in [1.54, 1.807) is 17.6 Å². The minimum absolute atomic E-state index is 0.0113. The summed E-state index contributed by atoms with van der Waals surface area (Å²) in [5, 5.41) is 18.7. The molecule has 2 unspecified atom stereocenters. The molecular weight excluding hydrogens is 452 g/mol. The molecule has 2 aliphatic rings. The third-order valence-corrected chi connectivity index (χ3v) is 6.70. The molecule has 11 heteroatoms. The number of hydrogen-bond acceptors (Lipinski definition) is 8. The Labute approximate surface area is 195 Å². The van der Waals surface area contributed by atoms with Gasteiger partial charge in [0.2, 0.25) is 0 Å². The van der Waals surface area contributed by atoms with E-state index >= 15 is 0 Å². The first-order valence-corrected chi connectivity index (χ1v) is 11.4. The zero-order valence-electron chi connectivity index (χ0n) is 18.2. The fourth-order valence-electron chi connectivity index (χ4n) is 4.03. The van der Waals surface area contributed by atoms with Crippen LogP contribution in [0.3, 0.4) is 0 Å². The smallest absolute Gasteiger partial charge is 0.323 e. The van der Waals surface area contributed by atoms with Crippen molar-refractivity contribution >= 4 is 52.1 Å². The van der Waals surface area contributed by atoms with E-state index in [2.05, 4.69) is 0 Å². The maximum Gasteiger partial charge on any atom is 0.323 e. The lowest BCUT2D eigenvalue weighted by atomic mass is 10.0. The van der Waals surface area contributed by atoms with Crippen molar-refractivity contribution in [2.75, 3.05) is 24.5 Å². The van der Waals surface area contributed by atoms with Crippen molar-refractivity contribution in [3.8, 4) is 6.07 Å². The summed E-state index contributed by atoms with van der Waals surface area (Å²) < 4.78 is 7.53. The first-order valence-electron chi connectivity index (χ1n) is 10.1. The van der Waals surface area contributed by atoms with E-state index in [1.165, 1.54) is 0 Å². The Morgan fingerprint density at radius 1 is 1.34 bits per heavy atom. The van der Waals surface area contributed by atoms with Gasteiger partial charge in [-0.3, -0.25) is 23.9 Å². The number of nitriles is 1. The van der Waals surface area contributed by atoms with E-state index in [-0.39, 0.29) is 32.6 Å². The van der Waals surface area contributed by atoms with E-state index in [1.807, 2.05) is 31.7 Å². The third-order valence-electron chi connectivity index (χ3n) is 5.32. The van der Waals surface area contributed by atoms with Crippen LogP contribution in [0.2, 0.25) is 0 Å². The second-order valence-electron chi connectivity index (χ2n) is 7.72. The Hall–Kier alpha value is -2.68. The minimum atomic E-state index is -1.16. The van der Waals surface area contributed by atoms with Crippen LogP contribution in [0, 0.1) is 18.3 Å². The molecule has 1 amide bonds. The Morgan fingerprint density at radius 3 is 2.50 bits per heavy atom. The molecule has 0 aliphatic carbocycles. The molecule has 2 saturated heterocycles. The molecule has 3 rings (SSSR count). The molecule has 1 aromatic rings. The average molecular weight is 477 g/mol. The molecule has 0 aromatic carbocycles. The van der Waals surface area contributed by atoms with E-state index < -0.39 is 18.4 Å². The van der Waals surface area contributed by atoms with E-state index in [0.717, 1.165) is 16.7 Å². The zero-order valence-corrected chi connectivity index (χ0v) is 19.9. The molecule has 0 radical (unpaired) electrons. The normalized spacial score (nSPS) is 22.5. The second-order valence-corrected chi connectivity index (χ2v) is 9.40. The van der Waals surface area contributed by atoms with Crippen LogP contribution in [0.1, 0.15) is 37.5 Å². The molecule has 3 heterocycles. The fourth-order valence-corrected chi connectivity index (χ4v) is 5.27. The number of hydrogen-bond donors (Lipinski definition) is 1. The van der Waals surface area contributed by atoms with Crippen molar-refractivity contribution in [1.82, 2.24) is 9.47 Å². The highest BCUT2D eigenvalue weighted by Gasteiger charge is 2.35. The van der Waals surface area contributed by atoms with Gasteiger partial charge in [0.05, 0.1) is 17.1 Å². The van der Waals surface area contributed by atoms with Gasteiger partial charge in [0.1, 0.15) is 28.3 Å². The van der Waals surface area contributed by atoms with Crippen molar-refractivity contribution in [1.29, 1.82) is 5.26 Å². The highest BCUT2D eigenvalue weighted by Crippen LogP contribution is 2.36. The van der Waals surface area contributed by atoms with Gasteiger partial charge in [-0.1, -0.05) is 24.0 Å². The van der Waals surface area contributed by atoms with Crippen LogP contribution < -0.4 is 10.5 Å². The van der Waals surface area contributed by atoms with Gasteiger partial charge in [-0.15, -0.1) is 0 Å². The van der Waals surface area contributed by atoms with Crippen LogP contribution >= 0.6 is 24.0 Å². The number of amides is 1. The molecule has 0 spiro atoms. The molecule has 1 N–H and O–H groups in total. The third kappa shape index (κ3) is 4.44. The van der Waals surface area contributed by atoms with Crippen molar-refractivity contribution < 1.29 is 19.4 Å². The number of thiocarbonyl (C=S) groups is 1. The number of carboxylic acids is 1. The standard InChI is InChI=1S/C21H24N4O5S2/c1-5-24-18(23-8-11(2)30-12(3)9-23)14(13(4)15(7-22)19(24)28)6-16-20(29)25(10-17(26)27)21(31)32-16/h6,11-12H,5,8-10H2,1-4H3,(H,26,27)/b16-6-. The summed E-state index contributed by atoms with van der Waals surface area (Å²) in [5.41, 5.74) is 0.662. The summed E-state index contributed by atoms with van der Waals surface area (Å²) in [6.45, 7) is 8.29.